The lowest BCUT2D eigenvalue weighted by Crippen LogP contribution is -2.49. The maximum absolute atomic E-state index is 11.8. The summed E-state index contributed by atoms with van der Waals surface area (Å²) in [6.07, 6.45) is 2.38. The number of carbonyl (C=O) groups excluding carboxylic acids is 1. The third-order valence-corrected chi connectivity index (χ3v) is 4.62. The summed E-state index contributed by atoms with van der Waals surface area (Å²) in [5.74, 6) is 1.47. The monoisotopic (exact) mass is 389 g/mol. The molecule has 8 heteroatoms. The van der Waals surface area contributed by atoms with Gasteiger partial charge in [-0.1, -0.05) is 23.7 Å². The third kappa shape index (κ3) is 5.47. The predicted molar refractivity (Wildman–Crippen MR) is 106 cm³/mol. The molecule has 1 amide bonds. The molecule has 0 bridgehead atoms. The van der Waals surface area contributed by atoms with E-state index in [0.29, 0.717) is 38.7 Å². The van der Waals surface area contributed by atoms with E-state index in [9.17, 15) is 4.79 Å². The molecular formula is C19H24ClN5O2. The Morgan fingerprint density at radius 1 is 1.19 bits per heavy atom. The van der Waals surface area contributed by atoms with Gasteiger partial charge in [-0.05, 0) is 37.1 Å². The molecule has 0 saturated carbocycles. The second-order valence-corrected chi connectivity index (χ2v) is 6.65. The van der Waals surface area contributed by atoms with Crippen LogP contribution in [0, 0.1) is 0 Å². The maximum Gasteiger partial charge on any atom is 0.409 e. The van der Waals surface area contributed by atoms with E-state index in [1.54, 1.807) is 11.1 Å². The van der Waals surface area contributed by atoms with Gasteiger partial charge in [-0.25, -0.2) is 9.78 Å². The molecule has 1 fully saturated rings. The molecular weight excluding hydrogens is 366 g/mol. The lowest BCUT2D eigenvalue weighted by atomic mass is 10.1. The molecule has 1 saturated heterocycles. The van der Waals surface area contributed by atoms with E-state index in [2.05, 4.69) is 20.2 Å². The third-order valence-electron chi connectivity index (χ3n) is 4.36. The van der Waals surface area contributed by atoms with Crippen LogP contribution in [-0.4, -0.2) is 60.3 Å². The number of rotatable bonds is 6. The Morgan fingerprint density at radius 2 is 1.93 bits per heavy atom. The van der Waals surface area contributed by atoms with Crippen molar-refractivity contribution in [1.29, 1.82) is 0 Å². The van der Waals surface area contributed by atoms with Gasteiger partial charge in [-0.3, -0.25) is 0 Å². The number of ether oxygens (including phenoxy) is 1. The highest BCUT2D eigenvalue weighted by atomic mass is 35.5. The Bertz CT molecular complexity index is 748. The van der Waals surface area contributed by atoms with Gasteiger partial charge in [0.05, 0.1) is 6.61 Å². The number of benzene rings is 1. The van der Waals surface area contributed by atoms with E-state index >= 15 is 0 Å². The molecule has 1 N–H and O–H groups in total. The molecule has 0 radical (unpaired) electrons. The van der Waals surface area contributed by atoms with Crippen LogP contribution in [0.15, 0.2) is 36.5 Å². The largest absolute Gasteiger partial charge is 0.450 e. The number of carbonyl (C=O) groups is 1. The van der Waals surface area contributed by atoms with E-state index in [4.69, 9.17) is 16.3 Å². The van der Waals surface area contributed by atoms with Crippen molar-refractivity contribution in [2.24, 2.45) is 0 Å². The van der Waals surface area contributed by atoms with Crippen molar-refractivity contribution in [3.63, 3.8) is 0 Å². The Hall–Kier alpha value is -2.54. The van der Waals surface area contributed by atoms with Crippen molar-refractivity contribution in [2.75, 3.05) is 49.5 Å². The topological polar surface area (TPSA) is 70.6 Å². The number of hydrogen-bond donors (Lipinski definition) is 1. The summed E-state index contributed by atoms with van der Waals surface area (Å²) in [5.41, 5.74) is 1.22. The lowest BCUT2D eigenvalue weighted by molar-refractivity contribution is 0.105. The highest BCUT2D eigenvalue weighted by molar-refractivity contribution is 6.30. The summed E-state index contributed by atoms with van der Waals surface area (Å²) in [7, 11) is 0. The van der Waals surface area contributed by atoms with E-state index in [-0.39, 0.29) is 6.09 Å². The van der Waals surface area contributed by atoms with Gasteiger partial charge in [0.2, 0.25) is 5.95 Å². The highest BCUT2D eigenvalue weighted by Gasteiger charge is 2.23. The average molecular weight is 390 g/mol. The minimum atomic E-state index is -0.254. The van der Waals surface area contributed by atoms with Crippen LogP contribution in [0.2, 0.25) is 5.02 Å². The second kappa shape index (κ2) is 9.41. The Kier molecular flexibility index (Phi) is 6.70. The van der Waals surface area contributed by atoms with Gasteiger partial charge in [0.15, 0.2) is 0 Å². The minimum absolute atomic E-state index is 0.254. The number of amides is 1. The molecule has 0 aliphatic carbocycles. The van der Waals surface area contributed by atoms with Crippen molar-refractivity contribution < 1.29 is 9.53 Å². The van der Waals surface area contributed by atoms with E-state index in [1.807, 2.05) is 37.3 Å². The van der Waals surface area contributed by atoms with Crippen molar-refractivity contribution in [3.8, 4) is 0 Å². The lowest BCUT2D eigenvalue weighted by Gasteiger charge is -2.34. The highest BCUT2D eigenvalue weighted by Crippen LogP contribution is 2.15. The molecule has 1 aliphatic rings. The molecule has 27 heavy (non-hydrogen) atoms. The fraction of sp³-hybridized carbons (Fsp3) is 0.421. The number of halogens is 1. The van der Waals surface area contributed by atoms with Crippen LogP contribution in [0.4, 0.5) is 16.6 Å². The first-order chi connectivity index (χ1) is 13.2. The summed E-state index contributed by atoms with van der Waals surface area (Å²) >= 11 is 5.91. The number of nitrogens with one attached hydrogen (secondary N) is 1. The fourth-order valence-electron chi connectivity index (χ4n) is 2.89. The second-order valence-electron chi connectivity index (χ2n) is 6.22. The quantitative estimate of drug-likeness (QED) is 0.818. The maximum atomic E-state index is 11.8. The van der Waals surface area contributed by atoms with E-state index in [0.717, 1.165) is 23.8 Å². The molecule has 1 aliphatic heterocycles. The van der Waals surface area contributed by atoms with Gasteiger partial charge in [-0.2, -0.15) is 4.98 Å². The normalized spacial score (nSPS) is 14.1. The van der Waals surface area contributed by atoms with Gasteiger partial charge >= 0.3 is 6.09 Å². The summed E-state index contributed by atoms with van der Waals surface area (Å²) < 4.78 is 5.05. The van der Waals surface area contributed by atoms with Crippen LogP contribution in [0.1, 0.15) is 12.5 Å². The predicted octanol–water partition coefficient (Wildman–Crippen LogP) is 3.06. The van der Waals surface area contributed by atoms with Crippen LogP contribution >= 0.6 is 11.6 Å². The van der Waals surface area contributed by atoms with Crippen LogP contribution in [0.5, 0.6) is 0 Å². The van der Waals surface area contributed by atoms with Crippen LogP contribution in [0.3, 0.4) is 0 Å². The molecule has 1 aromatic carbocycles. The van der Waals surface area contributed by atoms with Gasteiger partial charge in [-0.15, -0.1) is 0 Å². The van der Waals surface area contributed by atoms with Gasteiger partial charge in [0.1, 0.15) is 5.82 Å². The number of aromatic nitrogens is 2. The zero-order chi connectivity index (χ0) is 19.1. The molecule has 144 valence electrons. The molecule has 0 atom stereocenters. The van der Waals surface area contributed by atoms with E-state index < -0.39 is 0 Å². The minimum Gasteiger partial charge on any atom is -0.450 e. The number of hydrogen-bond acceptors (Lipinski definition) is 6. The Morgan fingerprint density at radius 3 is 2.63 bits per heavy atom. The van der Waals surface area contributed by atoms with Crippen molar-refractivity contribution in [1.82, 2.24) is 14.9 Å². The standard InChI is InChI=1S/C19H24ClN5O2/c1-2-27-19(26)25-13-11-24(12-14-25)18-22-10-8-17(23-18)21-9-7-15-3-5-16(20)6-4-15/h3-6,8,10H,2,7,9,11-14H2,1H3,(H,21,22,23). The first kappa shape index (κ1) is 19.2. The summed E-state index contributed by atoms with van der Waals surface area (Å²) in [4.78, 5) is 24.6. The molecule has 2 aromatic rings. The molecule has 1 aromatic heterocycles. The smallest absolute Gasteiger partial charge is 0.409 e. The molecule has 3 rings (SSSR count). The number of anilines is 2. The molecule has 2 heterocycles. The zero-order valence-corrected chi connectivity index (χ0v) is 16.2. The van der Waals surface area contributed by atoms with E-state index in [1.165, 1.54) is 5.56 Å². The van der Waals surface area contributed by atoms with Crippen LogP contribution < -0.4 is 10.2 Å². The number of piperazine rings is 1. The summed E-state index contributed by atoms with van der Waals surface area (Å²) in [6.45, 7) is 5.57. The van der Waals surface area contributed by atoms with Crippen molar-refractivity contribution >= 4 is 29.5 Å². The van der Waals surface area contributed by atoms with Crippen LogP contribution in [-0.2, 0) is 11.2 Å². The molecule has 0 unspecified atom stereocenters. The first-order valence-electron chi connectivity index (χ1n) is 9.13. The van der Waals surface area contributed by atoms with Gasteiger partial charge in [0.25, 0.3) is 0 Å². The van der Waals surface area contributed by atoms with Gasteiger partial charge in [0, 0.05) is 43.9 Å². The molecule has 7 nitrogen and oxygen atoms in total. The summed E-state index contributed by atoms with van der Waals surface area (Å²) in [5, 5.41) is 4.08. The van der Waals surface area contributed by atoms with Crippen LogP contribution in [0.25, 0.3) is 0 Å². The summed E-state index contributed by atoms with van der Waals surface area (Å²) in [6, 6.07) is 9.71. The zero-order valence-electron chi connectivity index (χ0n) is 15.4. The van der Waals surface area contributed by atoms with Gasteiger partial charge < -0.3 is 19.9 Å². The fourth-order valence-corrected chi connectivity index (χ4v) is 3.01. The Balaban J connectivity index is 1.50. The van der Waals surface area contributed by atoms with Crippen molar-refractivity contribution in [2.45, 2.75) is 13.3 Å². The molecule has 0 spiro atoms. The number of nitrogens with zero attached hydrogens (tertiary/aromatic N) is 4. The average Bonchev–Trinajstić information content (AvgIpc) is 2.70. The van der Waals surface area contributed by atoms with Crippen molar-refractivity contribution in [3.05, 3.63) is 47.1 Å². The SMILES string of the molecule is CCOC(=O)N1CCN(c2nccc(NCCc3ccc(Cl)cc3)n2)CC1. The first-order valence-corrected chi connectivity index (χ1v) is 9.51. The Labute approximate surface area is 164 Å².